The first-order valence-electron chi connectivity index (χ1n) is 3.90. The molecule has 0 aromatic carbocycles. The maximum Gasteiger partial charge on any atom is 0.483 e. The van der Waals surface area contributed by atoms with Crippen molar-refractivity contribution in [3.8, 4) is 0 Å². The highest BCUT2D eigenvalue weighted by Crippen LogP contribution is 2.60. The second-order valence-electron chi connectivity index (χ2n) is 2.74. The highest BCUT2D eigenvalue weighted by atomic mass is 31.3. The summed E-state index contributed by atoms with van der Waals surface area (Å²) in [5.41, 5.74) is 0.772. The average Bonchev–Trinajstić information content (AvgIpc) is 2.00. The molecule has 15 heavy (non-hydrogen) atoms. The van der Waals surface area contributed by atoms with Crippen molar-refractivity contribution in [2.24, 2.45) is 0 Å². The second-order valence-corrected chi connectivity index (χ2v) is 5.89. The molecule has 1 atom stereocenters. The van der Waals surface area contributed by atoms with Gasteiger partial charge in [-0.15, -0.1) is 6.58 Å². The lowest BCUT2D eigenvalue weighted by atomic mass is 10.3. The summed E-state index contributed by atoms with van der Waals surface area (Å²) in [5.74, 6) is 0. The van der Waals surface area contributed by atoms with Gasteiger partial charge in [0.1, 0.15) is 0 Å². The Hall–Kier alpha value is -0.0000000000000000416. The van der Waals surface area contributed by atoms with Crippen LogP contribution >= 0.6 is 15.6 Å². The highest BCUT2D eigenvalue weighted by Gasteiger charge is 2.34. The van der Waals surface area contributed by atoms with Crippen LogP contribution in [0.4, 0.5) is 0 Å². The van der Waals surface area contributed by atoms with Crippen LogP contribution in [-0.2, 0) is 22.5 Å². The van der Waals surface area contributed by atoms with Crippen LogP contribution < -0.4 is 0 Å². The molecule has 7 nitrogen and oxygen atoms in total. The predicted octanol–water partition coefficient (Wildman–Crippen LogP) is 1.83. The monoisotopic (exact) mass is 260 g/mol. The quantitative estimate of drug-likeness (QED) is 0.531. The van der Waals surface area contributed by atoms with E-state index < -0.39 is 15.6 Å². The Morgan fingerprint density at radius 3 is 2.27 bits per heavy atom. The van der Waals surface area contributed by atoms with E-state index in [1.54, 1.807) is 6.92 Å². The maximum atomic E-state index is 11.4. The van der Waals surface area contributed by atoms with Gasteiger partial charge in [-0.2, -0.15) is 4.31 Å². The van der Waals surface area contributed by atoms with E-state index in [2.05, 4.69) is 19.9 Å². The SMILES string of the molecule is C=C(C)CCOP(=O)(OC)OP(=O)(O)O. The van der Waals surface area contributed by atoms with Gasteiger partial charge >= 0.3 is 15.6 Å². The molecule has 0 aliphatic heterocycles. The minimum absolute atomic E-state index is 0.0551. The molecule has 1 unspecified atom stereocenters. The van der Waals surface area contributed by atoms with E-state index in [0.717, 1.165) is 12.7 Å². The van der Waals surface area contributed by atoms with Crippen LogP contribution in [0.25, 0.3) is 0 Å². The van der Waals surface area contributed by atoms with E-state index in [1.807, 2.05) is 0 Å². The molecule has 0 aliphatic rings. The first-order valence-corrected chi connectivity index (χ1v) is 6.89. The first kappa shape index (κ1) is 15.0. The van der Waals surface area contributed by atoms with Crippen molar-refractivity contribution in [1.29, 1.82) is 0 Å². The largest absolute Gasteiger partial charge is 0.483 e. The number of phosphoric acid groups is 2. The van der Waals surface area contributed by atoms with Gasteiger partial charge in [0.25, 0.3) is 0 Å². The standard InChI is InChI=1S/C6H14O7P2/c1-6(2)4-5-12-15(10,11-3)13-14(7,8)9/h1,4-5H2,2-3H3,(H2,7,8,9). The van der Waals surface area contributed by atoms with Gasteiger partial charge < -0.3 is 9.79 Å². The van der Waals surface area contributed by atoms with Gasteiger partial charge in [0.2, 0.25) is 0 Å². The third-order valence-corrected chi connectivity index (χ3v) is 3.81. The number of hydrogen-bond donors (Lipinski definition) is 2. The summed E-state index contributed by atoms with van der Waals surface area (Å²) in [6.07, 6.45) is 0.387. The van der Waals surface area contributed by atoms with E-state index in [0.29, 0.717) is 6.42 Å². The van der Waals surface area contributed by atoms with Gasteiger partial charge in [0, 0.05) is 7.11 Å². The van der Waals surface area contributed by atoms with E-state index >= 15 is 0 Å². The summed E-state index contributed by atoms with van der Waals surface area (Å²) in [4.78, 5) is 16.9. The molecule has 0 amide bonds. The first-order chi connectivity index (χ1) is 6.68. The van der Waals surface area contributed by atoms with Crippen LogP contribution in [-0.4, -0.2) is 23.5 Å². The summed E-state index contributed by atoms with van der Waals surface area (Å²) >= 11 is 0. The Morgan fingerprint density at radius 1 is 1.40 bits per heavy atom. The van der Waals surface area contributed by atoms with Gasteiger partial charge in [-0.25, -0.2) is 9.13 Å². The molecule has 0 radical (unpaired) electrons. The fourth-order valence-electron chi connectivity index (χ4n) is 0.572. The minimum atomic E-state index is -4.90. The Balaban J connectivity index is 4.27. The zero-order valence-electron chi connectivity index (χ0n) is 8.45. The number of rotatable bonds is 7. The van der Waals surface area contributed by atoms with Crippen LogP contribution in [0.3, 0.4) is 0 Å². The van der Waals surface area contributed by atoms with Crippen LogP contribution in [0.1, 0.15) is 13.3 Å². The Labute approximate surface area is 87.9 Å². The molecule has 2 N–H and O–H groups in total. The van der Waals surface area contributed by atoms with E-state index in [-0.39, 0.29) is 6.61 Å². The smallest absolute Gasteiger partial charge is 0.302 e. The lowest BCUT2D eigenvalue weighted by molar-refractivity contribution is 0.161. The molecule has 0 saturated heterocycles. The van der Waals surface area contributed by atoms with Gasteiger partial charge in [0.15, 0.2) is 0 Å². The molecule has 0 spiro atoms. The summed E-state index contributed by atoms with van der Waals surface area (Å²) in [6, 6.07) is 0. The number of hydrogen-bond acceptors (Lipinski definition) is 5. The van der Waals surface area contributed by atoms with Crippen molar-refractivity contribution >= 4 is 15.6 Å². The van der Waals surface area contributed by atoms with Crippen molar-refractivity contribution in [1.82, 2.24) is 0 Å². The van der Waals surface area contributed by atoms with E-state index in [4.69, 9.17) is 9.79 Å². The second kappa shape index (κ2) is 5.92. The predicted molar refractivity (Wildman–Crippen MR) is 53.1 cm³/mol. The molecule has 0 bridgehead atoms. The van der Waals surface area contributed by atoms with Crippen LogP contribution in [0.15, 0.2) is 12.2 Å². The topological polar surface area (TPSA) is 102 Å². The Kier molecular flexibility index (Phi) is 5.92. The third-order valence-electron chi connectivity index (χ3n) is 1.21. The van der Waals surface area contributed by atoms with Gasteiger partial charge in [-0.1, -0.05) is 5.57 Å². The molecule has 0 aromatic rings. The molecule has 0 saturated carbocycles. The third kappa shape index (κ3) is 7.88. The summed E-state index contributed by atoms with van der Waals surface area (Å²) in [6.45, 7) is 5.24. The Morgan fingerprint density at radius 2 is 1.93 bits per heavy atom. The molecular weight excluding hydrogens is 246 g/mol. The van der Waals surface area contributed by atoms with Crippen molar-refractivity contribution < 1.29 is 32.3 Å². The molecule has 9 heteroatoms. The van der Waals surface area contributed by atoms with E-state index in [1.165, 1.54) is 0 Å². The molecule has 0 rings (SSSR count). The summed E-state index contributed by atoms with van der Waals surface area (Å²) < 4.78 is 34.6. The molecule has 0 aliphatic carbocycles. The lowest BCUT2D eigenvalue weighted by Crippen LogP contribution is -1.98. The molecule has 0 heterocycles. The van der Waals surface area contributed by atoms with Crippen LogP contribution in [0.5, 0.6) is 0 Å². The van der Waals surface area contributed by atoms with Crippen LogP contribution in [0, 0.1) is 0 Å². The van der Waals surface area contributed by atoms with Crippen molar-refractivity contribution in [3.63, 3.8) is 0 Å². The van der Waals surface area contributed by atoms with Gasteiger partial charge in [0.05, 0.1) is 6.61 Å². The fraction of sp³-hybridized carbons (Fsp3) is 0.667. The van der Waals surface area contributed by atoms with Gasteiger partial charge in [-0.05, 0) is 13.3 Å². The fourth-order valence-corrected chi connectivity index (χ4v) is 2.49. The van der Waals surface area contributed by atoms with Crippen molar-refractivity contribution in [2.75, 3.05) is 13.7 Å². The maximum absolute atomic E-state index is 11.4. The van der Waals surface area contributed by atoms with Gasteiger partial charge in [-0.3, -0.25) is 9.05 Å². The highest BCUT2D eigenvalue weighted by molar-refractivity contribution is 7.61. The van der Waals surface area contributed by atoms with E-state index in [9.17, 15) is 9.13 Å². The zero-order valence-corrected chi connectivity index (χ0v) is 10.2. The molecular formula is C6H14O7P2. The lowest BCUT2D eigenvalue weighted by Gasteiger charge is -2.15. The zero-order chi connectivity index (χ0) is 12.1. The normalized spacial score (nSPS) is 16.0. The molecule has 0 fully saturated rings. The number of phosphoric ester groups is 1. The Bertz CT molecular complexity index is 307. The minimum Gasteiger partial charge on any atom is -0.302 e. The average molecular weight is 260 g/mol. The summed E-state index contributed by atoms with van der Waals surface area (Å²) in [5, 5.41) is 0. The van der Waals surface area contributed by atoms with Crippen molar-refractivity contribution in [2.45, 2.75) is 13.3 Å². The molecule has 0 aromatic heterocycles. The van der Waals surface area contributed by atoms with Crippen molar-refractivity contribution in [3.05, 3.63) is 12.2 Å². The molecule has 90 valence electrons. The van der Waals surface area contributed by atoms with Crippen LogP contribution in [0.2, 0.25) is 0 Å². The summed E-state index contributed by atoms with van der Waals surface area (Å²) in [7, 11) is -8.12.